The van der Waals surface area contributed by atoms with Crippen molar-refractivity contribution < 1.29 is 4.79 Å². The van der Waals surface area contributed by atoms with Crippen LogP contribution in [0.1, 0.15) is 29.7 Å². The molecule has 1 saturated heterocycles. The van der Waals surface area contributed by atoms with Crippen LogP contribution in [0.5, 0.6) is 0 Å². The molecule has 0 saturated carbocycles. The van der Waals surface area contributed by atoms with Crippen molar-refractivity contribution in [2.24, 2.45) is 0 Å². The maximum atomic E-state index is 12.0. The molecule has 162 valence electrons. The van der Waals surface area contributed by atoms with E-state index < -0.39 is 0 Å². The van der Waals surface area contributed by atoms with E-state index in [0.29, 0.717) is 12.6 Å². The first-order valence-electron chi connectivity index (χ1n) is 11.0. The summed E-state index contributed by atoms with van der Waals surface area (Å²) in [5.74, 6) is 1.86. The Morgan fingerprint density at radius 2 is 2.10 bits per heavy atom. The fourth-order valence-electron chi connectivity index (χ4n) is 4.49. The summed E-state index contributed by atoms with van der Waals surface area (Å²) in [6.07, 6.45) is 9.09. The summed E-state index contributed by atoms with van der Waals surface area (Å²) in [5, 5.41) is 4.98. The molecule has 0 atom stereocenters. The van der Waals surface area contributed by atoms with Gasteiger partial charge in [0.05, 0.1) is 11.9 Å². The smallest absolute Gasteiger partial charge is 0.236 e. The van der Waals surface area contributed by atoms with Crippen LogP contribution < -0.4 is 5.32 Å². The third kappa shape index (κ3) is 4.14. The van der Waals surface area contributed by atoms with E-state index >= 15 is 0 Å². The molecule has 3 aromatic rings. The van der Waals surface area contributed by atoms with Crippen LogP contribution in [0.25, 0.3) is 21.6 Å². The van der Waals surface area contributed by atoms with Crippen molar-refractivity contribution in [1.82, 2.24) is 24.8 Å². The third-order valence-electron chi connectivity index (χ3n) is 6.27. The zero-order chi connectivity index (χ0) is 21.4. The zero-order valence-corrected chi connectivity index (χ0v) is 18.9. The first kappa shape index (κ1) is 20.3. The highest BCUT2D eigenvalue weighted by Gasteiger charge is 2.26. The summed E-state index contributed by atoms with van der Waals surface area (Å²) in [4.78, 5) is 32.6. The number of carbonyl (C=O) groups excluding carboxylic acids is 1. The number of hydrogen-bond acceptors (Lipinski definition) is 7. The van der Waals surface area contributed by atoms with Crippen molar-refractivity contribution >= 4 is 33.3 Å². The summed E-state index contributed by atoms with van der Waals surface area (Å²) in [7, 11) is 3.63. The predicted octanol–water partition coefficient (Wildman–Crippen LogP) is 3.21. The lowest BCUT2D eigenvalue weighted by atomic mass is 10.0. The Balaban J connectivity index is 1.40. The first-order valence-corrected chi connectivity index (χ1v) is 11.8. The fourth-order valence-corrected chi connectivity index (χ4v) is 5.75. The van der Waals surface area contributed by atoms with E-state index in [9.17, 15) is 4.79 Å². The number of likely N-dealkylation sites (N-methyl/N-ethyl adjacent to an activating group) is 1. The third-order valence-corrected chi connectivity index (χ3v) is 7.46. The minimum atomic E-state index is 0.166. The maximum Gasteiger partial charge on any atom is 0.236 e. The minimum Gasteiger partial charge on any atom is -0.367 e. The molecule has 0 unspecified atom stereocenters. The highest BCUT2D eigenvalue weighted by Crippen LogP contribution is 2.40. The zero-order valence-electron chi connectivity index (χ0n) is 18.1. The van der Waals surface area contributed by atoms with Crippen molar-refractivity contribution in [3.05, 3.63) is 35.0 Å². The van der Waals surface area contributed by atoms with Gasteiger partial charge in [-0.15, -0.1) is 11.3 Å². The van der Waals surface area contributed by atoms with Gasteiger partial charge in [-0.05, 0) is 49.8 Å². The molecule has 0 radical (unpaired) electrons. The average molecular weight is 437 g/mol. The average Bonchev–Trinajstić information content (AvgIpc) is 3.36. The monoisotopic (exact) mass is 436 g/mol. The number of likely N-dealkylation sites (tertiary alicyclic amines) is 1. The van der Waals surface area contributed by atoms with Gasteiger partial charge in [0.2, 0.25) is 5.91 Å². The number of thiophene rings is 1. The van der Waals surface area contributed by atoms with Gasteiger partial charge in [-0.2, -0.15) is 0 Å². The SMILES string of the molecule is CN(C)C(=O)CN1CCC(Nc2nc(-c3cccnc3)nc3sc4c(c23)CCC4)CC1. The Morgan fingerprint density at radius 1 is 1.26 bits per heavy atom. The van der Waals surface area contributed by atoms with Gasteiger partial charge in [0.15, 0.2) is 5.82 Å². The Labute approximate surface area is 186 Å². The molecule has 8 heteroatoms. The molecule has 5 rings (SSSR count). The lowest BCUT2D eigenvalue weighted by molar-refractivity contribution is -0.130. The molecule has 1 N–H and O–H groups in total. The molecule has 31 heavy (non-hydrogen) atoms. The fraction of sp³-hybridized carbons (Fsp3) is 0.478. The molecule has 2 aliphatic rings. The van der Waals surface area contributed by atoms with E-state index in [2.05, 4.69) is 15.2 Å². The number of rotatable bonds is 5. The van der Waals surface area contributed by atoms with Gasteiger partial charge in [0.1, 0.15) is 10.6 Å². The molecule has 1 amide bonds. The van der Waals surface area contributed by atoms with Crippen LogP contribution in [0.3, 0.4) is 0 Å². The number of fused-ring (bicyclic) bond motifs is 3. The highest BCUT2D eigenvalue weighted by molar-refractivity contribution is 7.19. The van der Waals surface area contributed by atoms with E-state index in [-0.39, 0.29) is 5.91 Å². The Hall–Kier alpha value is -2.58. The largest absolute Gasteiger partial charge is 0.367 e. The van der Waals surface area contributed by atoms with Crippen molar-refractivity contribution in [1.29, 1.82) is 0 Å². The van der Waals surface area contributed by atoms with Crippen LogP contribution in [0, 0.1) is 0 Å². The van der Waals surface area contributed by atoms with Crippen molar-refractivity contribution in [3.8, 4) is 11.4 Å². The van der Waals surface area contributed by atoms with Crippen LogP contribution in [0.4, 0.5) is 5.82 Å². The Kier molecular flexibility index (Phi) is 5.58. The highest BCUT2D eigenvalue weighted by atomic mass is 32.1. The summed E-state index contributed by atoms with van der Waals surface area (Å²) in [5.41, 5.74) is 2.38. The number of carbonyl (C=O) groups is 1. The normalized spacial score (nSPS) is 17.1. The molecule has 4 heterocycles. The van der Waals surface area contributed by atoms with Crippen molar-refractivity contribution in [2.75, 3.05) is 39.0 Å². The second kappa shape index (κ2) is 8.51. The Bertz CT molecular complexity index is 1090. The second-order valence-corrected chi connectivity index (χ2v) is 9.74. The molecule has 1 aliphatic carbocycles. The number of nitrogens with zero attached hydrogens (tertiary/aromatic N) is 5. The van der Waals surface area contributed by atoms with E-state index in [1.807, 2.05) is 43.8 Å². The van der Waals surface area contributed by atoms with Gasteiger partial charge in [-0.25, -0.2) is 9.97 Å². The number of anilines is 1. The number of pyridine rings is 1. The van der Waals surface area contributed by atoms with Gasteiger partial charge in [0.25, 0.3) is 0 Å². The van der Waals surface area contributed by atoms with E-state index in [1.165, 1.54) is 22.2 Å². The molecule has 3 aromatic heterocycles. The van der Waals surface area contributed by atoms with Gasteiger partial charge < -0.3 is 10.2 Å². The predicted molar refractivity (Wildman–Crippen MR) is 124 cm³/mol. The number of aromatic nitrogens is 3. The molecule has 0 bridgehead atoms. The second-order valence-electron chi connectivity index (χ2n) is 8.66. The maximum absolute atomic E-state index is 12.0. The molecular weight excluding hydrogens is 408 g/mol. The standard InChI is InChI=1S/C23H28N6OS/c1-28(2)19(30)14-29-11-8-16(9-12-29)25-22-20-17-6-3-7-18(17)31-23(20)27-21(26-22)15-5-4-10-24-13-15/h4-5,10,13,16H,3,6-9,11-12,14H2,1-2H3,(H,25,26,27). The van der Waals surface area contributed by atoms with Gasteiger partial charge in [-0.3, -0.25) is 14.7 Å². The van der Waals surface area contributed by atoms with E-state index in [4.69, 9.17) is 9.97 Å². The van der Waals surface area contributed by atoms with Crippen molar-refractivity contribution in [2.45, 2.75) is 38.1 Å². The summed E-state index contributed by atoms with van der Waals surface area (Å²) >= 11 is 1.82. The molecule has 7 nitrogen and oxygen atoms in total. The van der Waals surface area contributed by atoms with E-state index in [0.717, 1.165) is 60.8 Å². The number of piperidine rings is 1. The summed E-state index contributed by atoms with van der Waals surface area (Å²) in [6, 6.07) is 4.29. The summed E-state index contributed by atoms with van der Waals surface area (Å²) in [6.45, 7) is 2.34. The van der Waals surface area contributed by atoms with Gasteiger partial charge in [-0.1, -0.05) is 0 Å². The van der Waals surface area contributed by atoms with Crippen LogP contribution in [0.15, 0.2) is 24.5 Å². The number of nitrogens with one attached hydrogen (secondary N) is 1. The topological polar surface area (TPSA) is 74.2 Å². The first-order chi connectivity index (χ1) is 15.1. The number of amides is 1. The quantitative estimate of drug-likeness (QED) is 0.662. The van der Waals surface area contributed by atoms with Crippen LogP contribution >= 0.6 is 11.3 Å². The van der Waals surface area contributed by atoms with Gasteiger partial charge >= 0.3 is 0 Å². The lowest BCUT2D eigenvalue weighted by Gasteiger charge is -2.32. The minimum absolute atomic E-state index is 0.166. The lowest BCUT2D eigenvalue weighted by Crippen LogP contribution is -2.44. The van der Waals surface area contributed by atoms with Crippen LogP contribution in [-0.4, -0.2) is 70.4 Å². The van der Waals surface area contributed by atoms with Crippen LogP contribution in [-0.2, 0) is 17.6 Å². The number of hydrogen-bond donors (Lipinski definition) is 1. The van der Waals surface area contributed by atoms with Crippen molar-refractivity contribution in [3.63, 3.8) is 0 Å². The van der Waals surface area contributed by atoms with E-state index in [1.54, 1.807) is 11.1 Å². The molecular formula is C23H28N6OS. The van der Waals surface area contributed by atoms with Crippen LogP contribution in [0.2, 0.25) is 0 Å². The number of aryl methyl sites for hydroxylation is 2. The van der Waals surface area contributed by atoms with Gasteiger partial charge in [0, 0.05) is 56.1 Å². The molecule has 0 spiro atoms. The molecule has 1 fully saturated rings. The summed E-state index contributed by atoms with van der Waals surface area (Å²) < 4.78 is 0. The molecule has 0 aromatic carbocycles. The molecule has 1 aliphatic heterocycles. The Morgan fingerprint density at radius 3 is 2.84 bits per heavy atom.